The number of ketones is 2. The number of Topliss-reactive ketones (excluding diaryl/α,β-unsaturated/α-hetero) is 2. The number of carbonyl (C=O) groups excluding carboxylic acids is 2. The van der Waals surface area contributed by atoms with Gasteiger partial charge in [-0.2, -0.15) is 0 Å². The Kier molecular flexibility index (Phi) is 6.44. The molecule has 0 spiro atoms. The van der Waals surface area contributed by atoms with Gasteiger partial charge < -0.3 is 4.74 Å². The highest BCUT2D eigenvalue weighted by Crippen LogP contribution is 2.30. The van der Waals surface area contributed by atoms with Gasteiger partial charge in [0.2, 0.25) is 0 Å². The van der Waals surface area contributed by atoms with Crippen molar-refractivity contribution in [3.05, 3.63) is 96.1 Å². The fourth-order valence-electron chi connectivity index (χ4n) is 2.71. The van der Waals surface area contributed by atoms with Crippen LogP contribution in [-0.2, 0) is 0 Å². The van der Waals surface area contributed by atoms with E-state index in [-0.39, 0.29) is 18.0 Å². The monoisotopic (exact) mass is 376 g/mol. The maximum absolute atomic E-state index is 13.0. The van der Waals surface area contributed by atoms with Crippen LogP contribution in [0.3, 0.4) is 0 Å². The molecular formula is C23H20O3S. The van der Waals surface area contributed by atoms with Gasteiger partial charge in [-0.1, -0.05) is 60.7 Å². The molecule has 1 atom stereocenters. The highest BCUT2D eigenvalue weighted by atomic mass is 32.2. The number of methoxy groups -OCH3 is 1. The molecule has 3 nitrogen and oxygen atoms in total. The van der Waals surface area contributed by atoms with E-state index in [9.17, 15) is 9.59 Å². The van der Waals surface area contributed by atoms with E-state index in [0.717, 1.165) is 10.6 Å². The average molecular weight is 376 g/mol. The Bertz CT molecular complexity index is 890. The summed E-state index contributed by atoms with van der Waals surface area (Å²) in [7, 11) is 1.61. The second-order valence-electron chi connectivity index (χ2n) is 6.01. The molecule has 4 heteroatoms. The van der Waals surface area contributed by atoms with Crippen molar-refractivity contribution in [2.45, 2.75) is 16.6 Å². The summed E-state index contributed by atoms with van der Waals surface area (Å²) >= 11 is 1.41. The van der Waals surface area contributed by atoms with Crippen LogP contribution >= 0.6 is 11.8 Å². The average Bonchev–Trinajstić information content (AvgIpc) is 2.74. The summed E-state index contributed by atoms with van der Waals surface area (Å²) in [6.45, 7) is 0. The van der Waals surface area contributed by atoms with Crippen LogP contribution in [0.5, 0.6) is 5.75 Å². The Morgan fingerprint density at radius 2 is 1.37 bits per heavy atom. The molecule has 0 fully saturated rings. The van der Waals surface area contributed by atoms with Crippen LogP contribution in [0.25, 0.3) is 0 Å². The molecule has 0 aliphatic heterocycles. The zero-order valence-electron chi connectivity index (χ0n) is 15.0. The van der Waals surface area contributed by atoms with Crippen LogP contribution in [0.4, 0.5) is 0 Å². The van der Waals surface area contributed by atoms with Crippen LogP contribution in [0, 0.1) is 0 Å². The second kappa shape index (κ2) is 9.19. The van der Waals surface area contributed by atoms with Gasteiger partial charge in [0, 0.05) is 22.4 Å². The van der Waals surface area contributed by atoms with E-state index in [2.05, 4.69) is 0 Å². The van der Waals surface area contributed by atoms with Gasteiger partial charge in [-0.15, -0.1) is 11.8 Å². The minimum absolute atomic E-state index is 0.0362. The molecule has 0 saturated carbocycles. The lowest BCUT2D eigenvalue weighted by atomic mass is 10.0. The lowest BCUT2D eigenvalue weighted by Gasteiger charge is -2.15. The van der Waals surface area contributed by atoms with E-state index < -0.39 is 5.25 Å². The zero-order chi connectivity index (χ0) is 19.1. The van der Waals surface area contributed by atoms with Crippen LogP contribution in [-0.4, -0.2) is 23.9 Å². The summed E-state index contributed by atoms with van der Waals surface area (Å²) in [5.41, 5.74) is 1.24. The summed E-state index contributed by atoms with van der Waals surface area (Å²) in [4.78, 5) is 26.7. The summed E-state index contributed by atoms with van der Waals surface area (Å²) in [5.74, 6) is 0.678. The molecule has 0 aromatic heterocycles. The van der Waals surface area contributed by atoms with Crippen LogP contribution in [0.2, 0.25) is 0 Å². The number of ether oxygens (including phenoxy) is 1. The van der Waals surface area contributed by atoms with Crippen LogP contribution < -0.4 is 4.74 Å². The summed E-state index contributed by atoms with van der Waals surface area (Å²) in [6, 6.07) is 25.7. The van der Waals surface area contributed by atoms with Crippen molar-refractivity contribution in [3.8, 4) is 5.75 Å². The van der Waals surface area contributed by atoms with Crippen molar-refractivity contribution in [2.24, 2.45) is 0 Å². The highest BCUT2D eigenvalue weighted by molar-refractivity contribution is 8.00. The summed E-state index contributed by atoms with van der Waals surface area (Å²) < 4.78 is 5.18. The number of thioether (sulfide) groups is 1. The van der Waals surface area contributed by atoms with E-state index in [0.29, 0.717) is 11.1 Å². The van der Waals surface area contributed by atoms with Crippen molar-refractivity contribution < 1.29 is 14.3 Å². The zero-order valence-corrected chi connectivity index (χ0v) is 15.8. The predicted molar refractivity (Wildman–Crippen MR) is 109 cm³/mol. The Morgan fingerprint density at radius 3 is 1.93 bits per heavy atom. The Labute approximate surface area is 163 Å². The molecular weight excluding hydrogens is 356 g/mol. The molecule has 3 aromatic rings. The third-order valence-corrected chi connectivity index (χ3v) is 5.36. The highest BCUT2D eigenvalue weighted by Gasteiger charge is 2.25. The lowest BCUT2D eigenvalue weighted by molar-refractivity contribution is 0.0924. The number of carbonyl (C=O) groups is 2. The molecule has 3 rings (SSSR count). The molecule has 0 aliphatic rings. The molecule has 136 valence electrons. The number of benzene rings is 3. The molecule has 0 amide bonds. The van der Waals surface area contributed by atoms with Gasteiger partial charge in [0.25, 0.3) is 0 Å². The van der Waals surface area contributed by atoms with Crippen molar-refractivity contribution in [1.82, 2.24) is 0 Å². The topological polar surface area (TPSA) is 43.4 Å². The minimum atomic E-state index is -0.492. The number of rotatable bonds is 8. The second-order valence-corrected chi connectivity index (χ2v) is 7.28. The predicted octanol–water partition coefficient (Wildman–Crippen LogP) is 5.31. The number of hydrogen-bond donors (Lipinski definition) is 0. The van der Waals surface area contributed by atoms with Crippen molar-refractivity contribution in [3.63, 3.8) is 0 Å². The molecule has 0 heterocycles. The van der Waals surface area contributed by atoms with Gasteiger partial charge in [-0.05, 0) is 24.3 Å². The van der Waals surface area contributed by atoms with Gasteiger partial charge in [0.1, 0.15) is 5.75 Å². The van der Waals surface area contributed by atoms with E-state index >= 15 is 0 Å². The molecule has 0 N–H and O–H groups in total. The van der Waals surface area contributed by atoms with E-state index in [1.54, 1.807) is 31.4 Å². The maximum Gasteiger partial charge on any atom is 0.176 e. The first-order valence-electron chi connectivity index (χ1n) is 8.65. The molecule has 0 radical (unpaired) electrons. The maximum atomic E-state index is 13.0. The van der Waals surface area contributed by atoms with Crippen molar-refractivity contribution in [1.29, 1.82) is 0 Å². The van der Waals surface area contributed by atoms with Crippen molar-refractivity contribution >= 4 is 23.3 Å². The van der Waals surface area contributed by atoms with Crippen LogP contribution in [0.15, 0.2) is 89.8 Å². The molecule has 1 unspecified atom stereocenters. The third-order valence-electron chi connectivity index (χ3n) is 4.16. The fraction of sp³-hybridized carbons (Fsp3) is 0.130. The minimum Gasteiger partial charge on any atom is -0.497 e. The summed E-state index contributed by atoms with van der Waals surface area (Å²) in [6.07, 6.45) is 0.147. The molecule has 0 bridgehead atoms. The van der Waals surface area contributed by atoms with Gasteiger partial charge in [0.15, 0.2) is 11.6 Å². The first kappa shape index (κ1) is 18.9. The first-order valence-corrected chi connectivity index (χ1v) is 9.53. The van der Waals surface area contributed by atoms with Gasteiger partial charge in [-0.25, -0.2) is 0 Å². The molecule has 3 aromatic carbocycles. The third kappa shape index (κ3) is 5.08. The lowest BCUT2D eigenvalue weighted by Crippen LogP contribution is -2.21. The Hall–Kier alpha value is -2.85. The van der Waals surface area contributed by atoms with Gasteiger partial charge >= 0.3 is 0 Å². The molecule has 27 heavy (non-hydrogen) atoms. The van der Waals surface area contributed by atoms with E-state index in [4.69, 9.17) is 4.74 Å². The SMILES string of the molecule is COc1ccc(SC(CC(=O)c2ccccc2)C(=O)c2ccccc2)cc1. The largest absolute Gasteiger partial charge is 0.497 e. The Balaban J connectivity index is 1.83. The number of hydrogen-bond acceptors (Lipinski definition) is 4. The Morgan fingerprint density at radius 1 is 0.815 bits per heavy atom. The summed E-state index contributed by atoms with van der Waals surface area (Å²) in [5, 5.41) is -0.492. The smallest absolute Gasteiger partial charge is 0.176 e. The van der Waals surface area contributed by atoms with E-state index in [1.165, 1.54) is 11.8 Å². The first-order chi connectivity index (χ1) is 13.2. The fourth-order valence-corrected chi connectivity index (χ4v) is 3.80. The van der Waals surface area contributed by atoms with Crippen molar-refractivity contribution in [2.75, 3.05) is 7.11 Å². The van der Waals surface area contributed by atoms with Crippen LogP contribution in [0.1, 0.15) is 27.1 Å². The van der Waals surface area contributed by atoms with Gasteiger partial charge in [0.05, 0.1) is 12.4 Å². The normalized spacial score (nSPS) is 11.6. The quantitative estimate of drug-likeness (QED) is 0.395. The standard InChI is InChI=1S/C23H20O3S/c1-26-19-12-14-20(15-13-19)27-22(23(25)18-10-6-3-7-11-18)16-21(24)17-8-4-2-5-9-17/h2-15,22H,16H2,1H3. The molecule has 0 saturated heterocycles. The molecule has 0 aliphatic carbocycles. The van der Waals surface area contributed by atoms with Gasteiger partial charge in [-0.3, -0.25) is 9.59 Å². The van der Waals surface area contributed by atoms with E-state index in [1.807, 2.05) is 60.7 Å².